The van der Waals surface area contributed by atoms with Crippen molar-refractivity contribution in [3.63, 3.8) is 0 Å². The zero-order valence-corrected chi connectivity index (χ0v) is 15.2. The van der Waals surface area contributed by atoms with Gasteiger partial charge in [-0.3, -0.25) is 4.79 Å². The van der Waals surface area contributed by atoms with Gasteiger partial charge in [0.15, 0.2) is 0 Å². The van der Waals surface area contributed by atoms with Crippen molar-refractivity contribution in [2.24, 2.45) is 5.14 Å². The molecule has 0 saturated heterocycles. The number of nitrogens with two attached hydrogens (primary N) is 1. The van der Waals surface area contributed by atoms with Crippen molar-refractivity contribution in [2.75, 3.05) is 18.4 Å². The van der Waals surface area contributed by atoms with Crippen LogP contribution in [0.3, 0.4) is 0 Å². The van der Waals surface area contributed by atoms with Crippen LogP contribution in [-0.4, -0.2) is 27.4 Å². The number of carbonyl (C=O) groups excluding carboxylic acids is 1. The Kier molecular flexibility index (Phi) is 6.36. The highest BCUT2D eigenvalue weighted by Gasteiger charge is 2.07. The summed E-state index contributed by atoms with van der Waals surface area (Å²) in [6.45, 7) is 0.654. The summed E-state index contributed by atoms with van der Waals surface area (Å²) in [7, 11) is -3.67. The first-order valence-electron chi connectivity index (χ1n) is 7.22. The molecule has 8 heteroatoms. The van der Waals surface area contributed by atoms with Crippen LogP contribution in [0.5, 0.6) is 0 Å². The van der Waals surface area contributed by atoms with Gasteiger partial charge in [0.2, 0.25) is 15.9 Å². The summed E-state index contributed by atoms with van der Waals surface area (Å²) in [4.78, 5) is 11.9. The fourth-order valence-electron chi connectivity index (χ4n) is 2.00. The zero-order chi connectivity index (χ0) is 17.6. The van der Waals surface area contributed by atoms with Gasteiger partial charge in [0, 0.05) is 16.7 Å². The van der Waals surface area contributed by atoms with Crippen molar-refractivity contribution < 1.29 is 13.2 Å². The third kappa shape index (κ3) is 5.95. The highest BCUT2D eigenvalue weighted by atomic mass is 79.9. The minimum atomic E-state index is -3.67. The number of carbonyl (C=O) groups is 1. The lowest BCUT2D eigenvalue weighted by molar-refractivity contribution is -0.119. The number of sulfonamides is 1. The zero-order valence-electron chi connectivity index (χ0n) is 12.8. The highest BCUT2D eigenvalue weighted by Crippen LogP contribution is 2.13. The Morgan fingerprint density at radius 1 is 1.04 bits per heavy atom. The Bertz CT molecular complexity index is 790. The number of halogens is 1. The second-order valence-electron chi connectivity index (χ2n) is 5.15. The molecule has 0 aliphatic heterocycles. The van der Waals surface area contributed by atoms with E-state index in [-0.39, 0.29) is 17.3 Å². The summed E-state index contributed by atoms with van der Waals surface area (Å²) >= 11 is 3.35. The normalized spacial score (nSPS) is 11.1. The van der Waals surface area contributed by atoms with Crippen molar-refractivity contribution >= 4 is 37.5 Å². The van der Waals surface area contributed by atoms with E-state index in [2.05, 4.69) is 26.6 Å². The number of hydrogen-bond donors (Lipinski definition) is 3. The Balaban J connectivity index is 1.73. The van der Waals surface area contributed by atoms with Crippen molar-refractivity contribution in [2.45, 2.75) is 11.3 Å². The number of hydrogen-bond acceptors (Lipinski definition) is 4. The van der Waals surface area contributed by atoms with Gasteiger partial charge in [-0.2, -0.15) is 0 Å². The van der Waals surface area contributed by atoms with Gasteiger partial charge in [0.1, 0.15) is 0 Å². The molecule has 0 unspecified atom stereocenters. The first-order chi connectivity index (χ1) is 11.3. The van der Waals surface area contributed by atoms with Gasteiger partial charge in [-0.15, -0.1) is 0 Å². The van der Waals surface area contributed by atoms with Gasteiger partial charge in [0.05, 0.1) is 11.4 Å². The van der Waals surface area contributed by atoms with Gasteiger partial charge in [-0.1, -0.05) is 28.1 Å². The molecule has 0 atom stereocenters. The summed E-state index contributed by atoms with van der Waals surface area (Å²) in [5, 5.41) is 10.9. The van der Waals surface area contributed by atoms with Crippen LogP contribution >= 0.6 is 15.9 Å². The maximum absolute atomic E-state index is 11.8. The summed E-state index contributed by atoms with van der Waals surface area (Å²) in [5.74, 6) is -0.112. The molecule has 0 radical (unpaired) electrons. The second-order valence-corrected chi connectivity index (χ2v) is 7.63. The third-order valence-electron chi connectivity index (χ3n) is 3.29. The molecule has 2 aromatic carbocycles. The molecule has 1 amide bonds. The summed E-state index contributed by atoms with van der Waals surface area (Å²) in [5.41, 5.74) is 1.79. The Labute approximate surface area is 149 Å². The third-order valence-corrected chi connectivity index (χ3v) is 4.74. The number of primary sulfonamides is 1. The SMILES string of the molecule is NS(=O)(=O)c1ccc(CCNC(=O)CNc2ccc(Br)cc2)cc1. The fraction of sp³-hybridized carbons (Fsp3) is 0.188. The van der Waals surface area contributed by atoms with Crippen LogP contribution in [0.25, 0.3) is 0 Å². The molecular formula is C16H18BrN3O3S. The molecule has 0 aromatic heterocycles. The molecule has 6 nitrogen and oxygen atoms in total. The lowest BCUT2D eigenvalue weighted by Gasteiger charge is -2.08. The highest BCUT2D eigenvalue weighted by molar-refractivity contribution is 9.10. The monoisotopic (exact) mass is 411 g/mol. The van der Waals surface area contributed by atoms with E-state index in [0.29, 0.717) is 13.0 Å². The largest absolute Gasteiger partial charge is 0.376 e. The Hall–Kier alpha value is -1.90. The summed E-state index contributed by atoms with van der Waals surface area (Å²) < 4.78 is 23.3. The standard InChI is InChI=1S/C16H18BrN3O3S/c17-13-3-5-14(6-4-13)20-11-16(21)19-10-9-12-1-7-15(8-2-12)24(18,22)23/h1-8,20H,9-11H2,(H,19,21)(H2,18,22,23). The van der Waals surface area contributed by atoms with Crippen LogP contribution in [-0.2, 0) is 21.2 Å². The van der Waals surface area contributed by atoms with Crippen molar-refractivity contribution in [3.05, 3.63) is 58.6 Å². The van der Waals surface area contributed by atoms with E-state index in [4.69, 9.17) is 5.14 Å². The molecule has 0 aliphatic rings. The molecule has 0 bridgehead atoms. The molecule has 2 rings (SSSR count). The van der Waals surface area contributed by atoms with Crippen LogP contribution < -0.4 is 15.8 Å². The average Bonchev–Trinajstić information content (AvgIpc) is 2.54. The van der Waals surface area contributed by atoms with Crippen LogP contribution in [0.4, 0.5) is 5.69 Å². The predicted octanol–water partition coefficient (Wildman–Crippen LogP) is 1.87. The summed E-state index contributed by atoms with van der Waals surface area (Å²) in [6.07, 6.45) is 0.606. The van der Waals surface area contributed by atoms with Crippen LogP contribution in [0.15, 0.2) is 57.9 Å². The van der Waals surface area contributed by atoms with Crippen LogP contribution in [0.2, 0.25) is 0 Å². The molecule has 24 heavy (non-hydrogen) atoms. The lowest BCUT2D eigenvalue weighted by atomic mass is 10.1. The topological polar surface area (TPSA) is 101 Å². The van der Waals surface area contributed by atoms with E-state index in [0.717, 1.165) is 15.7 Å². The molecule has 0 spiro atoms. The summed E-state index contributed by atoms with van der Waals surface area (Å²) in [6, 6.07) is 13.8. The van der Waals surface area contributed by atoms with Gasteiger partial charge < -0.3 is 10.6 Å². The van der Waals surface area contributed by atoms with E-state index in [1.54, 1.807) is 12.1 Å². The number of anilines is 1. The van der Waals surface area contributed by atoms with Gasteiger partial charge in [0.25, 0.3) is 0 Å². The van der Waals surface area contributed by atoms with Crippen LogP contribution in [0.1, 0.15) is 5.56 Å². The number of benzene rings is 2. The minimum Gasteiger partial charge on any atom is -0.376 e. The quantitative estimate of drug-likeness (QED) is 0.646. The molecule has 0 aliphatic carbocycles. The first-order valence-corrected chi connectivity index (χ1v) is 9.56. The van der Waals surface area contributed by atoms with Crippen LogP contribution in [0, 0.1) is 0 Å². The van der Waals surface area contributed by atoms with E-state index in [9.17, 15) is 13.2 Å². The smallest absolute Gasteiger partial charge is 0.239 e. The predicted molar refractivity (Wildman–Crippen MR) is 97.2 cm³/mol. The second kappa shape index (κ2) is 8.27. The van der Waals surface area contributed by atoms with E-state index >= 15 is 0 Å². The molecule has 2 aromatic rings. The average molecular weight is 412 g/mol. The molecule has 4 N–H and O–H groups in total. The van der Waals surface area contributed by atoms with E-state index < -0.39 is 10.0 Å². The van der Waals surface area contributed by atoms with Crippen molar-refractivity contribution in [1.82, 2.24) is 5.32 Å². The minimum absolute atomic E-state index is 0.0778. The Morgan fingerprint density at radius 3 is 2.25 bits per heavy atom. The number of rotatable bonds is 7. The molecule has 0 fully saturated rings. The van der Waals surface area contributed by atoms with Crippen molar-refractivity contribution in [1.29, 1.82) is 0 Å². The van der Waals surface area contributed by atoms with Crippen molar-refractivity contribution in [3.8, 4) is 0 Å². The molecule has 0 saturated carbocycles. The maximum Gasteiger partial charge on any atom is 0.239 e. The Morgan fingerprint density at radius 2 is 1.67 bits per heavy atom. The fourth-order valence-corrected chi connectivity index (χ4v) is 2.78. The molecular weight excluding hydrogens is 394 g/mol. The van der Waals surface area contributed by atoms with Gasteiger partial charge >= 0.3 is 0 Å². The maximum atomic E-state index is 11.8. The number of nitrogens with one attached hydrogen (secondary N) is 2. The van der Waals surface area contributed by atoms with E-state index in [1.165, 1.54) is 12.1 Å². The molecule has 0 heterocycles. The van der Waals surface area contributed by atoms with E-state index in [1.807, 2.05) is 24.3 Å². The molecule has 128 valence electrons. The first kappa shape index (κ1) is 18.4. The van der Waals surface area contributed by atoms with Gasteiger partial charge in [-0.25, -0.2) is 13.6 Å². The number of amides is 1. The van der Waals surface area contributed by atoms with Gasteiger partial charge in [-0.05, 0) is 48.4 Å². The lowest BCUT2D eigenvalue weighted by Crippen LogP contribution is -2.31.